The van der Waals surface area contributed by atoms with Gasteiger partial charge >= 0.3 is 0 Å². The lowest BCUT2D eigenvalue weighted by molar-refractivity contribution is -0.116. The zero-order chi connectivity index (χ0) is 15.7. The highest BCUT2D eigenvalue weighted by Gasteiger charge is 2.09. The molecule has 0 spiro atoms. The van der Waals surface area contributed by atoms with Crippen molar-refractivity contribution < 1.29 is 4.79 Å². The number of hydrogen-bond donors (Lipinski definition) is 1. The molecule has 4 heteroatoms. The predicted octanol–water partition coefficient (Wildman–Crippen LogP) is 3.40. The van der Waals surface area contributed by atoms with Crippen molar-refractivity contribution in [2.45, 2.75) is 46.1 Å². The summed E-state index contributed by atoms with van der Waals surface area (Å²) in [7, 11) is 0. The number of amides is 1. The van der Waals surface area contributed by atoms with Gasteiger partial charge in [0.15, 0.2) is 0 Å². The molecule has 1 aromatic rings. The molecule has 1 amide bonds. The molecule has 0 unspecified atom stereocenters. The van der Waals surface area contributed by atoms with Gasteiger partial charge in [-0.25, -0.2) is 0 Å². The summed E-state index contributed by atoms with van der Waals surface area (Å²) >= 11 is 0. The number of nitrogens with one attached hydrogen (secondary N) is 1. The third-order valence-electron chi connectivity index (χ3n) is 3.37. The lowest BCUT2D eigenvalue weighted by Crippen LogP contribution is -2.33. The lowest BCUT2D eigenvalue weighted by Gasteiger charge is -2.25. The zero-order valence-electron chi connectivity index (χ0n) is 13.2. The second-order valence-corrected chi connectivity index (χ2v) is 5.47. The predicted molar refractivity (Wildman–Crippen MR) is 86.0 cm³/mol. The summed E-state index contributed by atoms with van der Waals surface area (Å²) in [4.78, 5) is 14.3. The zero-order valence-corrected chi connectivity index (χ0v) is 13.2. The van der Waals surface area contributed by atoms with Crippen LogP contribution >= 0.6 is 0 Å². The maximum atomic E-state index is 11.9. The summed E-state index contributed by atoms with van der Waals surface area (Å²) in [5, 5.41) is 11.7. The molecular formula is C17H25N3O. The van der Waals surface area contributed by atoms with E-state index >= 15 is 0 Å². The highest BCUT2D eigenvalue weighted by molar-refractivity contribution is 5.90. The summed E-state index contributed by atoms with van der Waals surface area (Å²) in [6, 6.07) is 9.57. The first-order valence-electron chi connectivity index (χ1n) is 7.61. The molecule has 1 rings (SSSR count). The van der Waals surface area contributed by atoms with Crippen LogP contribution in [0.3, 0.4) is 0 Å². The van der Waals surface area contributed by atoms with Crippen LogP contribution in [0, 0.1) is 11.3 Å². The number of carbonyl (C=O) groups is 1. The van der Waals surface area contributed by atoms with Gasteiger partial charge in [-0.05, 0) is 58.0 Å². The Morgan fingerprint density at radius 1 is 1.38 bits per heavy atom. The van der Waals surface area contributed by atoms with Gasteiger partial charge in [0.2, 0.25) is 5.91 Å². The fourth-order valence-electron chi connectivity index (χ4n) is 2.25. The molecule has 0 aliphatic rings. The average Bonchev–Trinajstić information content (AvgIpc) is 2.46. The van der Waals surface area contributed by atoms with Crippen molar-refractivity contribution in [3.63, 3.8) is 0 Å². The maximum absolute atomic E-state index is 11.9. The fraction of sp³-hybridized carbons (Fsp3) is 0.529. The van der Waals surface area contributed by atoms with Crippen molar-refractivity contribution in [2.24, 2.45) is 0 Å². The third kappa shape index (κ3) is 6.42. The Labute approximate surface area is 127 Å². The van der Waals surface area contributed by atoms with Crippen molar-refractivity contribution in [1.29, 1.82) is 5.26 Å². The van der Waals surface area contributed by atoms with Crippen LogP contribution in [0.5, 0.6) is 0 Å². The SMILES string of the molecule is CCCN(CCCC(=O)Nc1cccc(C#N)c1)C(C)C. The molecule has 0 radical (unpaired) electrons. The van der Waals surface area contributed by atoms with E-state index in [0.717, 1.165) is 25.9 Å². The average molecular weight is 287 g/mol. The van der Waals surface area contributed by atoms with Gasteiger partial charge in [-0.15, -0.1) is 0 Å². The van der Waals surface area contributed by atoms with Crippen LogP contribution in [0.2, 0.25) is 0 Å². The van der Waals surface area contributed by atoms with Gasteiger partial charge in [0.25, 0.3) is 0 Å². The van der Waals surface area contributed by atoms with Crippen LogP contribution in [0.25, 0.3) is 0 Å². The summed E-state index contributed by atoms with van der Waals surface area (Å²) < 4.78 is 0. The molecule has 0 heterocycles. The smallest absolute Gasteiger partial charge is 0.224 e. The molecule has 4 nitrogen and oxygen atoms in total. The van der Waals surface area contributed by atoms with E-state index < -0.39 is 0 Å². The first kappa shape index (κ1) is 17.2. The summed E-state index contributed by atoms with van der Waals surface area (Å²) in [6.45, 7) is 8.55. The van der Waals surface area contributed by atoms with E-state index in [9.17, 15) is 4.79 Å². The number of anilines is 1. The van der Waals surface area contributed by atoms with Crippen LogP contribution in [-0.4, -0.2) is 29.9 Å². The first-order chi connectivity index (χ1) is 10.1. The highest BCUT2D eigenvalue weighted by atomic mass is 16.1. The number of hydrogen-bond acceptors (Lipinski definition) is 3. The minimum absolute atomic E-state index is 0.00490. The molecule has 1 N–H and O–H groups in total. The van der Waals surface area contributed by atoms with Crippen molar-refractivity contribution in [1.82, 2.24) is 4.90 Å². The summed E-state index contributed by atoms with van der Waals surface area (Å²) in [5.41, 5.74) is 1.25. The topological polar surface area (TPSA) is 56.1 Å². The van der Waals surface area contributed by atoms with E-state index in [1.807, 2.05) is 0 Å². The van der Waals surface area contributed by atoms with Gasteiger partial charge < -0.3 is 10.2 Å². The van der Waals surface area contributed by atoms with Crippen LogP contribution in [0.4, 0.5) is 5.69 Å². The summed E-state index contributed by atoms with van der Waals surface area (Å²) in [5.74, 6) is 0.00490. The molecule has 0 aliphatic heterocycles. The van der Waals surface area contributed by atoms with Crippen LogP contribution < -0.4 is 5.32 Å². The lowest BCUT2D eigenvalue weighted by atomic mass is 10.2. The third-order valence-corrected chi connectivity index (χ3v) is 3.37. The van der Waals surface area contributed by atoms with Crippen LogP contribution in [0.15, 0.2) is 24.3 Å². The molecule has 0 aliphatic carbocycles. The first-order valence-corrected chi connectivity index (χ1v) is 7.61. The van der Waals surface area contributed by atoms with E-state index in [1.54, 1.807) is 24.3 Å². The van der Waals surface area contributed by atoms with Crippen LogP contribution in [-0.2, 0) is 4.79 Å². The van der Waals surface area contributed by atoms with E-state index in [0.29, 0.717) is 23.7 Å². The highest BCUT2D eigenvalue weighted by Crippen LogP contribution is 2.11. The molecule has 1 aromatic carbocycles. The standard InChI is InChI=1S/C17H25N3O/c1-4-10-20(14(2)3)11-6-9-17(21)19-16-8-5-7-15(12-16)13-18/h5,7-8,12,14H,4,6,9-11H2,1-3H3,(H,19,21). The quantitative estimate of drug-likeness (QED) is 0.797. The maximum Gasteiger partial charge on any atom is 0.224 e. The summed E-state index contributed by atoms with van der Waals surface area (Å²) in [6.07, 6.45) is 2.48. The number of nitrogens with zero attached hydrogens (tertiary/aromatic N) is 2. The molecule has 0 bridgehead atoms. The van der Waals surface area contributed by atoms with E-state index in [-0.39, 0.29) is 5.91 Å². The number of rotatable bonds is 8. The second kappa shape index (κ2) is 9.15. The van der Waals surface area contributed by atoms with Crippen LogP contribution in [0.1, 0.15) is 45.6 Å². The molecule has 0 aromatic heterocycles. The van der Waals surface area contributed by atoms with Gasteiger partial charge in [-0.1, -0.05) is 13.0 Å². The van der Waals surface area contributed by atoms with Gasteiger partial charge in [-0.3, -0.25) is 4.79 Å². The van der Waals surface area contributed by atoms with Crippen molar-refractivity contribution in [3.8, 4) is 6.07 Å². The number of carbonyl (C=O) groups excluding carboxylic acids is 1. The number of nitriles is 1. The number of benzene rings is 1. The molecule has 21 heavy (non-hydrogen) atoms. The Balaban J connectivity index is 2.38. The molecule has 0 saturated carbocycles. The minimum atomic E-state index is 0.00490. The molecule has 0 saturated heterocycles. The molecular weight excluding hydrogens is 262 g/mol. The Hall–Kier alpha value is -1.86. The van der Waals surface area contributed by atoms with Crippen molar-refractivity contribution in [2.75, 3.05) is 18.4 Å². The Bertz CT molecular complexity index is 491. The molecule has 0 atom stereocenters. The van der Waals surface area contributed by atoms with E-state index in [1.165, 1.54) is 0 Å². The Morgan fingerprint density at radius 3 is 2.76 bits per heavy atom. The monoisotopic (exact) mass is 287 g/mol. The van der Waals surface area contributed by atoms with Crippen molar-refractivity contribution in [3.05, 3.63) is 29.8 Å². The van der Waals surface area contributed by atoms with E-state index in [4.69, 9.17) is 5.26 Å². The Morgan fingerprint density at radius 2 is 2.14 bits per heavy atom. The van der Waals surface area contributed by atoms with Gasteiger partial charge in [0.05, 0.1) is 11.6 Å². The molecule has 114 valence electrons. The van der Waals surface area contributed by atoms with Gasteiger partial charge in [0, 0.05) is 18.2 Å². The van der Waals surface area contributed by atoms with Gasteiger partial charge in [0.1, 0.15) is 0 Å². The van der Waals surface area contributed by atoms with Gasteiger partial charge in [-0.2, -0.15) is 5.26 Å². The fourth-order valence-corrected chi connectivity index (χ4v) is 2.25. The van der Waals surface area contributed by atoms with Crippen molar-refractivity contribution >= 4 is 11.6 Å². The Kier molecular flexibility index (Phi) is 7.49. The minimum Gasteiger partial charge on any atom is -0.326 e. The second-order valence-electron chi connectivity index (χ2n) is 5.47. The van der Waals surface area contributed by atoms with E-state index in [2.05, 4.69) is 37.1 Å². The normalized spacial score (nSPS) is 10.7. The largest absolute Gasteiger partial charge is 0.326 e. The molecule has 0 fully saturated rings.